The Morgan fingerprint density at radius 3 is 2.31 bits per heavy atom. The largest absolute Gasteiger partial charge is 0.228 e. The molecule has 0 bridgehead atoms. The Labute approximate surface area is 100 Å². The van der Waals surface area contributed by atoms with Crippen LogP contribution in [0.25, 0.3) is 0 Å². The second-order valence-electron chi connectivity index (χ2n) is 4.62. The molecule has 5 heteroatoms. The molecule has 1 rings (SSSR count). The van der Waals surface area contributed by atoms with E-state index in [4.69, 9.17) is 11.6 Å². The van der Waals surface area contributed by atoms with Crippen molar-refractivity contribution in [1.82, 2.24) is 0 Å². The molecule has 0 saturated heterocycles. The summed E-state index contributed by atoms with van der Waals surface area (Å²) in [4.78, 5) is 0. The Kier molecular flexibility index (Phi) is 3.65. The van der Waals surface area contributed by atoms with Gasteiger partial charge in [-0.25, -0.2) is 12.8 Å². The highest BCUT2D eigenvalue weighted by molar-refractivity contribution is 7.91. The zero-order valence-corrected chi connectivity index (χ0v) is 11.0. The van der Waals surface area contributed by atoms with E-state index in [0.717, 1.165) is 0 Å². The molecule has 0 heterocycles. The summed E-state index contributed by atoms with van der Waals surface area (Å²) in [6.07, 6.45) is 0. The molecule has 0 spiro atoms. The molecule has 0 saturated carbocycles. The van der Waals surface area contributed by atoms with Crippen LogP contribution < -0.4 is 0 Å². The first-order valence-corrected chi connectivity index (χ1v) is 6.83. The minimum atomic E-state index is -3.26. The first-order chi connectivity index (χ1) is 7.13. The summed E-state index contributed by atoms with van der Waals surface area (Å²) in [6, 6.07) is 3.96. The summed E-state index contributed by atoms with van der Waals surface area (Å²) in [6.45, 7) is 4.90. The molecule has 0 aliphatic carbocycles. The molecule has 0 atom stereocenters. The Bertz CT molecular complexity index is 489. The maximum absolute atomic E-state index is 12.9. The topological polar surface area (TPSA) is 34.1 Å². The van der Waals surface area contributed by atoms with Gasteiger partial charge in [0.2, 0.25) is 0 Å². The molecule has 2 nitrogen and oxygen atoms in total. The molecule has 90 valence electrons. The third-order valence-corrected chi connectivity index (χ3v) is 5.14. The molecule has 0 N–H and O–H groups in total. The van der Waals surface area contributed by atoms with Crippen LogP contribution in [0.1, 0.15) is 26.3 Å². The first-order valence-electron chi connectivity index (χ1n) is 4.80. The lowest BCUT2D eigenvalue weighted by Crippen LogP contribution is -2.29. The number of benzene rings is 1. The summed E-state index contributed by atoms with van der Waals surface area (Å²) in [5.74, 6) is -0.671. The maximum atomic E-state index is 12.9. The third-order valence-electron chi connectivity index (χ3n) is 2.27. The van der Waals surface area contributed by atoms with Crippen molar-refractivity contribution in [2.24, 2.45) is 0 Å². The smallest absolute Gasteiger partial charge is 0.159 e. The van der Waals surface area contributed by atoms with Gasteiger partial charge in [0.05, 0.1) is 15.5 Å². The van der Waals surface area contributed by atoms with Crippen LogP contribution in [0.2, 0.25) is 5.02 Å². The Balaban J connectivity index is 3.03. The normalized spacial score (nSPS) is 12.8. The molecular formula is C11H14ClFO2S. The summed E-state index contributed by atoms with van der Waals surface area (Å²) in [5, 5.41) is -0.0541. The third kappa shape index (κ3) is 2.95. The lowest BCUT2D eigenvalue weighted by atomic mass is 10.2. The first kappa shape index (κ1) is 13.5. The van der Waals surface area contributed by atoms with Crippen LogP contribution in [0.4, 0.5) is 4.39 Å². The molecule has 1 aromatic rings. The van der Waals surface area contributed by atoms with Crippen LogP contribution in [0.5, 0.6) is 0 Å². The van der Waals surface area contributed by atoms with E-state index in [1.807, 2.05) is 0 Å². The lowest BCUT2D eigenvalue weighted by Gasteiger charge is -2.19. The maximum Gasteiger partial charge on any atom is 0.159 e. The van der Waals surface area contributed by atoms with Crippen molar-refractivity contribution in [3.05, 3.63) is 34.6 Å². The zero-order valence-electron chi connectivity index (χ0n) is 9.42. The second-order valence-corrected chi connectivity index (χ2v) is 7.77. The Hall–Kier alpha value is -0.610. The fourth-order valence-corrected chi connectivity index (χ4v) is 2.32. The fourth-order valence-electron chi connectivity index (χ4n) is 1.07. The summed E-state index contributed by atoms with van der Waals surface area (Å²) in [7, 11) is -3.26. The molecular weight excluding hydrogens is 251 g/mol. The van der Waals surface area contributed by atoms with Crippen LogP contribution in [0, 0.1) is 5.82 Å². The van der Waals surface area contributed by atoms with Gasteiger partial charge in [0.25, 0.3) is 0 Å². The molecule has 0 unspecified atom stereocenters. The standard InChI is InChI=1S/C11H14ClFO2S/c1-11(2,3)16(14,15)7-8-4-5-10(13)9(12)6-8/h4-6H,7H2,1-3H3. The van der Waals surface area contributed by atoms with Crippen molar-refractivity contribution in [2.75, 3.05) is 0 Å². The van der Waals surface area contributed by atoms with E-state index in [2.05, 4.69) is 0 Å². The van der Waals surface area contributed by atoms with Gasteiger partial charge < -0.3 is 0 Å². The van der Waals surface area contributed by atoms with Gasteiger partial charge in [0.1, 0.15) is 5.82 Å². The minimum absolute atomic E-state index is 0.0541. The van der Waals surface area contributed by atoms with Gasteiger partial charge in [0.15, 0.2) is 9.84 Å². The Morgan fingerprint density at radius 1 is 1.31 bits per heavy atom. The van der Waals surface area contributed by atoms with Gasteiger partial charge in [-0.3, -0.25) is 0 Å². The second kappa shape index (κ2) is 4.34. The number of halogens is 2. The van der Waals surface area contributed by atoms with Crippen molar-refractivity contribution in [3.8, 4) is 0 Å². The quantitative estimate of drug-likeness (QED) is 0.822. The lowest BCUT2D eigenvalue weighted by molar-refractivity contribution is 0.559. The summed E-state index contributed by atoms with van der Waals surface area (Å²) < 4.78 is 35.8. The van der Waals surface area contributed by atoms with Gasteiger partial charge in [-0.15, -0.1) is 0 Å². The summed E-state index contributed by atoms with van der Waals surface area (Å²) >= 11 is 5.59. The molecule has 0 radical (unpaired) electrons. The van der Waals surface area contributed by atoms with Crippen molar-refractivity contribution >= 4 is 21.4 Å². The predicted molar refractivity (Wildman–Crippen MR) is 63.8 cm³/mol. The van der Waals surface area contributed by atoms with E-state index in [1.165, 1.54) is 18.2 Å². The van der Waals surface area contributed by atoms with Crippen LogP contribution in [0.15, 0.2) is 18.2 Å². The van der Waals surface area contributed by atoms with E-state index in [1.54, 1.807) is 20.8 Å². The van der Waals surface area contributed by atoms with Gasteiger partial charge in [-0.2, -0.15) is 0 Å². The molecule has 0 aromatic heterocycles. The molecule has 0 fully saturated rings. The summed E-state index contributed by atoms with van der Waals surface area (Å²) in [5.41, 5.74) is 0.501. The number of rotatable bonds is 2. The molecule has 0 aliphatic heterocycles. The van der Waals surface area contributed by atoms with E-state index in [0.29, 0.717) is 5.56 Å². The SMILES string of the molecule is CC(C)(C)S(=O)(=O)Cc1ccc(F)c(Cl)c1. The molecule has 16 heavy (non-hydrogen) atoms. The zero-order chi connectivity index (χ0) is 12.6. The number of hydrogen-bond acceptors (Lipinski definition) is 2. The highest BCUT2D eigenvalue weighted by Crippen LogP contribution is 2.23. The van der Waals surface area contributed by atoms with Crippen molar-refractivity contribution in [1.29, 1.82) is 0 Å². The average Bonchev–Trinajstić information content (AvgIpc) is 2.09. The monoisotopic (exact) mass is 264 g/mol. The van der Waals surface area contributed by atoms with Crippen molar-refractivity contribution in [2.45, 2.75) is 31.3 Å². The van der Waals surface area contributed by atoms with Crippen LogP contribution in [-0.4, -0.2) is 13.2 Å². The van der Waals surface area contributed by atoms with Gasteiger partial charge in [-0.1, -0.05) is 17.7 Å². The average molecular weight is 265 g/mol. The van der Waals surface area contributed by atoms with Gasteiger partial charge in [0, 0.05) is 0 Å². The van der Waals surface area contributed by atoms with Gasteiger partial charge in [-0.05, 0) is 38.5 Å². The van der Waals surface area contributed by atoms with E-state index >= 15 is 0 Å². The minimum Gasteiger partial charge on any atom is -0.228 e. The van der Waals surface area contributed by atoms with E-state index in [-0.39, 0.29) is 10.8 Å². The number of sulfone groups is 1. The molecule has 0 amide bonds. The molecule has 0 aliphatic rings. The number of hydrogen-bond donors (Lipinski definition) is 0. The van der Waals surface area contributed by atoms with Gasteiger partial charge >= 0.3 is 0 Å². The fraction of sp³-hybridized carbons (Fsp3) is 0.455. The van der Waals surface area contributed by atoms with Crippen LogP contribution in [-0.2, 0) is 15.6 Å². The predicted octanol–water partition coefficient (Wildman–Crippen LogP) is 3.19. The van der Waals surface area contributed by atoms with E-state index in [9.17, 15) is 12.8 Å². The highest BCUT2D eigenvalue weighted by Gasteiger charge is 2.29. The van der Waals surface area contributed by atoms with E-state index < -0.39 is 20.4 Å². The van der Waals surface area contributed by atoms with Crippen molar-refractivity contribution in [3.63, 3.8) is 0 Å². The van der Waals surface area contributed by atoms with Crippen molar-refractivity contribution < 1.29 is 12.8 Å². The Morgan fingerprint density at radius 2 is 1.88 bits per heavy atom. The highest BCUT2D eigenvalue weighted by atomic mass is 35.5. The molecule has 1 aromatic carbocycles. The van der Waals surface area contributed by atoms with Crippen LogP contribution >= 0.6 is 11.6 Å². The van der Waals surface area contributed by atoms with Crippen LogP contribution in [0.3, 0.4) is 0 Å².